The highest BCUT2D eigenvalue weighted by Crippen LogP contribution is 2.51. The number of carbonyl (C=O) groups excluding carboxylic acids is 2. The maximum Gasteiger partial charge on any atom is 0.308 e. The molecule has 0 saturated heterocycles. The highest BCUT2D eigenvalue weighted by molar-refractivity contribution is 5.74. The summed E-state index contributed by atoms with van der Waals surface area (Å²) in [5.74, 6) is 1.56. The lowest BCUT2D eigenvalue weighted by atomic mass is 9.68. The third-order valence-electron chi connectivity index (χ3n) is 7.33. The lowest BCUT2D eigenvalue weighted by Gasteiger charge is -2.45. The van der Waals surface area contributed by atoms with Crippen molar-refractivity contribution in [2.24, 2.45) is 5.92 Å². The van der Waals surface area contributed by atoms with Crippen LogP contribution in [0.2, 0.25) is 0 Å². The second kappa shape index (κ2) is 11.1. The summed E-state index contributed by atoms with van der Waals surface area (Å²) >= 11 is 0. The number of ether oxygens (including phenoxy) is 2. The number of nitrogens with one attached hydrogen (secondary N) is 2. The molecule has 0 radical (unpaired) electrons. The summed E-state index contributed by atoms with van der Waals surface area (Å²) in [5, 5.41) is 6.75. The van der Waals surface area contributed by atoms with Crippen LogP contribution in [0.5, 0.6) is 11.5 Å². The van der Waals surface area contributed by atoms with Gasteiger partial charge in [0.05, 0.1) is 6.10 Å². The Kier molecular flexibility index (Phi) is 7.99. The molecule has 2 aromatic carbocycles. The molecule has 2 N–H and O–H groups in total. The fraction of sp³-hybridized carbons (Fsp3) is 0.517. The molecule has 5 atom stereocenters. The molecular formula is C29H38N2O4. The molecule has 4 rings (SSSR count). The van der Waals surface area contributed by atoms with Crippen molar-refractivity contribution in [3.8, 4) is 11.5 Å². The van der Waals surface area contributed by atoms with Gasteiger partial charge < -0.3 is 20.1 Å². The highest BCUT2D eigenvalue weighted by Gasteiger charge is 2.41. The molecule has 1 amide bonds. The Morgan fingerprint density at radius 1 is 1.14 bits per heavy atom. The Balaban J connectivity index is 1.52. The molecule has 1 heterocycles. The average Bonchev–Trinajstić information content (AvgIpc) is 2.78. The number of benzene rings is 2. The summed E-state index contributed by atoms with van der Waals surface area (Å²) < 4.78 is 12.0. The standard InChI is InChI=1S/C29H38N2O4/c1-18(9-8-12-22-10-6-5-7-11-22)34-24-16-27-29(28(17-24)35-21(4)33)26-15-23(31-20(3)32)13-14-25(26)19(2)30-27/h5-7,10-11,16-19,23,25-26,30H,8-9,12-15H2,1-4H3,(H,31,32)/t18-,19?,23-,25+,26-/m1/s1. The number of amides is 1. The van der Waals surface area contributed by atoms with Gasteiger partial charge in [-0.2, -0.15) is 0 Å². The van der Waals surface area contributed by atoms with E-state index in [9.17, 15) is 9.59 Å². The van der Waals surface area contributed by atoms with E-state index < -0.39 is 0 Å². The molecule has 1 fully saturated rings. The molecule has 35 heavy (non-hydrogen) atoms. The van der Waals surface area contributed by atoms with Crippen molar-refractivity contribution in [2.45, 2.75) is 90.3 Å². The molecule has 1 saturated carbocycles. The van der Waals surface area contributed by atoms with Crippen molar-refractivity contribution in [1.82, 2.24) is 5.32 Å². The maximum atomic E-state index is 12.0. The van der Waals surface area contributed by atoms with E-state index in [-0.39, 0.29) is 36.0 Å². The van der Waals surface area contributed by atoms with Gasteiger partial charge in [0.25, 0.3) is 0 Å². The van der Waals surface area contributed by atoms with Gasteiger partial charge in [0.2, 0.25) is 5.91 Å². The molecule has 0 aromatic heterocycles. The van der Waals surface area contributed by atoms with Crippen molar-refractivity contribution < 1.29 is 19.1 Å². The van der Waals surface area contributed by atoms with Crippen molar-refractivity contribution in [1.29, 1.82) is 0 Å². The summed E-state index contributed by atoms with van der Waals surface area (Å²) in [7, 11) is 0. The van der Waals surface area contributed by atoms with Gasteiger partial charge in [-0.05, 0) is 69.8 Å². The van der Waals surface area contributed by atoms with E-state index in [1.807, 2.05) is 18.2 Å². The van der Waals surface area contributed by atoms with Crippen molar-refractivity contribution in [3.63, 3.8) is 0 Å². The fourth-order valence-corrected chi connectivity index (χ4v) is 5.84. The van der Waals surface area contributed by atoms with Crippen LogP contribution in [0, 0.1) is 5.92 Å². The van der Waals surface area contributed by atoms with E-state index in [0.717, 1.165) is 49.8 Å². The average molecular weight is 479 g/mol. The van der Waals surface area contributed by atoms with Crippen molar-refractivity contribution in [3.05, 3.63) is 53.6 Å². The summed E-state index contributed by atoms with van der Waals surface area (Å²) in [6.45, 7) is 7.30. The van der Waals surface area contributed by atoms with Gasteiger partial charge in [-0.1, -0.05) is 30.3 Å². The first kappa shape index (κ1) is 25.1. The molecule has 1 aliphatic heterocycles. The zero-order valence-electron chi connectivity index (χ0n) is 21.3. The van der Waals surface area contributed by atoms with Crippen LogP contribution in [0.3, 0.4) is 0 Å². The third kappa shape index (κ3) is 6.36. The third-order valence-corrected chi connectivity index (χ3v) is 7.33. The van der Waals surface area contributed by atoms with E-state index in [1.54, 1.807) is 6.92 Å². The minimum atomic E-state index is -0.343. The van der Waals surface area contributed by atoms with Crippen LogP contribution in [-0.4, -0.2) is 30.1 Å². The molecule has 0 spiro atoms. The lowest BCUT2D eigenvalue weighted by molar-refractivity contribution is -0.132. The number of fused-ring (bicyclic) bond motifs is 3. The minimum absolute atomic E-state index is 0.000802. The van der Waals surface area contributed by atoms with Crippen LogP contribution in [0.15, 0.2) is 42.5 Å². The first-order valence-corrected chi connectivity index (χ1v) is 12.9. The van der Waals surface area contributed by atoms with Gasteiger partial charge >= 0.3 is 5.97 Å². The maximum absolute atomic E-state index is 12.0. The molecule has 1 aliphatic carbocycles. The monoisotopic (exact) mass is 478 g/mol. The van der Waals surface area contributed by atoms with E-state index in [0.29, 0.717) is 17.4 Å². The van der Waals surface area contributed by atoms with E-state index in [1.165, 1.54) is 12.5 Å². The molecule has 2 aliphatic rings. The first-order chi connectivity index (χ1) is 16.8. The number of hydrogen-bond donors (Lipinski definition) is 2. The van der Waals surface area contributed by atoms with Gasteiger partial charge in [-0.25, -0.2) is 0 Å². The number of esters is 1. The summed E-state index contributed by atoms with van der Waals surface area (Å²) in [6, 6.07) is 14.8. The highest BCUT2D eigenvalue weighted by atomic mass is 16.5. The molecule has 0 bridgehead atoms. The van der Waals surface area contributed by atoms with Crippen LogP contribution in [0.25, 0.3) is 0 Å². The zero-order valence-corrected chi connectivity index (χ0v) is 21.3. The van der Waals surface area contributed by atoms with Crippen LogP contribution in [0.4, 0.5) is 5.69 Å². The number of carbonyl (C=O) groups is 2. The molecule has 2 aromatic rings. The Morgan fingerprint density at radius 3 is 2.63 bits per heavy atom. The van der Waals surface area contributed by atoms with Crippen LogP contribution >= 0.6 is 0 Å². The molecule has 188 valence electrons. The Bertz CT molecular complexity index is 1040. The summed E-state index contributed by atoms with van der Waals surface area (Å²) in [5.41, 5.74) is 3.33. The Labute approximate surface area is 208 Å². The second-order valence-electron chi connectivity index (χ2n) is 10.2. The summed E-state index contributed by atoms with van der Waals surface area (Å²) in [4.78, 5) is 23.7. The van der Waals surface area contributed by atoms with E-state index in [2.05, 4.69) is 48.7 Å². The first-order valence-electron chi connectivity index (χ1n) is 12.9. The minimum Gasteiger partial charge on any atom is -0.491 e. The smallest absolute Gasteiger partial charge is 0.308 e. The number of anilines is 1. The molecule has 6 nitrogen and oxygen atoms in total. The van der Waals surface area contributed by atoms with Crippen molar-refractivity contribution >= 4 is 17.6 Å². The predicted molar refractivity (Wildman–Crippen MR) is 138 cm³/mol. The van der Waals surface area contributed by atoms with Gasteiger partial charge in [-0.15, -0.1) is 0 Å². The van der Waals surface area contributed by atoms with Gasteiger partial charge in [0, 0.05) is 49.3 Å². The van der Waals surface area contributed by atoms with Gasteiger partial charge in [-0.3, -0.25) is 9.59 Å². The largest absolute Gasteiger partial charge is 0.491 e. The topological polar surface area (TPSA) is 76.7 Å². The van der Waals surface area contributed by atoms with Crippen LogP contribution in [-0.2, 0) is 16.0 Å². The van der Waals surface area contributed by atoms with Gasteiger partial charge in [0.1, 0.15) is 11.5 Å². The van der Waals surface area contributed by atoms with Crippen LogP contribution < -0.4 is 20.1 Å². The molecular weight excluding hydrogens is 440 g/mol. The number of aryl methyl sites for hydroxylation is 1. The van der Waals surface area contributed by atoms with Crippen LogP contribution in [0.1, 0.15) is 76.8 Å². The van der Waals surface area contributed by atoms with Gasteiger partial charge in [0.15, 0.2) is 0 Å². The summed E-state index contributed by atoms with van der Waals surface area (Å²) in [6.07, 6.45) is 5.85. The van der Waals surface area contributed by atoms with E-state index in [4.69, 9.17) is 9.47 Å². The quantitative estimate of drug-likeness (QED) is 0.381. The van der Waals surface area contributed by atoms with E-state index >= 15 is 0 Å². The predicted octanol–water partition coefficient (Wildman–Crippen LogP) is 5.60. The van der Waals surface area contributed by atoms with Crippen molar-refractivity contribution in [2.75, 3.05) is 5.32 Å². The number of rotatable bonds is 8. The molecule has 6 heteroatoms. The SMILES string of the molecule is CC(=O)N[C@@H]1CC[C@H]2C(C)Nc3cc(O[C@H](C)CCCc4ccccc4)cc(OC(C)=O)c3[C@@H]2C1. The lowest BCUT2D eigenvalue weighted by Crippen LogP contribution is -2.45. The number of hydrogen-bond acceptors (Lipinski definition) is 5. The Hall–Kier alpha value is -3.02. The Morgan fingerprint density at radius 2 is 1.91 bits per heavy atom. The normalized spacial score (nSPS) is 23.8. The molecule has 1 unspecified atom stereocenters. The zero-order chi connectivity index (χ0) is 24.9. The fourth-order valence-electron chi connectivity index (χ4n) is 5.84. The second-order valence-corrected chi connectivity index (χ2v) is 10.2.